The molecule has 2 aromatic carbocycles. The van der Waals surface area contributed by atoms with Crippen molar-refractivity contribution in [3.8, 4) is 0 Å². The Balaban J connectivity index is 2.29. The molecule has 2 aromatic rings. The lowest BCUT2D eigenvalue weighted by molar-refractivity contribution is 0.747. The Morgan fingerprint density at radius 2 is 1.55 bits per heavy atom. The lowest BCUT2D eigenvalue weighted by Gasteiger charge is -2.22. The molecule has 2 rings (SSSR count). The van der Waals surface area contributed by atoms with Gasteiger partial charge in [0.1, 0.15) is 0 Å². The molecule has 0 heterocycles. The molecular formula is C18H22BrN. The van der Waals surface area contributed by atoms with Crippen molar-refractivity contribution < 1.29 is 0 Å². The van der Waals surface area contributed by atoms with E-state index in [0.717, 1.165) is 10.9 Å². The summed E-state index contributed by atoms with van der Waals surface area (Å²) in [6, 6.07) is 13.4. The van der Waals surface area contributed by atoms with Crippen molar-refractivity contribution in [1.82, 2.24) is 0 Å². The number of halogens is 1. The van der Waals surface area contributed by atoms with Crippen LogP contribution in [0.15, 0.2) is 40.9 Å². The number of anilines is 1. The normalized spacial score (nSPS) is 12.2. The van der Waals surface area contributed by atoms with E-state index in [1.807, 2.05) is 0 Å². The second-order valence-corrected chi connectivity index (χ2v) is 6.35. The molecule has 0 bridgehead atoms. The molecule has 20 heavy (non-hydrogen) atoms. The molecule has 0 radical (unpaired) electrons. The molecule has 0 aliphatic carbocycles. The van der Waals surface area contributed by atoms with Crippen LogP contribution in [0.5, 0.6) is 0 Å². The van der Waals surface area contributed by atoms with Crippen molar-refractivity contribution in [1.29, 1.82) is 0 Å². The first-order chi connectivity index (χ1) is 9.51. The molecule has 1 nitrogen and oxygen atoms in total. The molecule has 0 aliphatic rings. The fraction of sp³-hybridized carbons (Fsp3) is 0.333. The molecule has 106 valence electrons. The van der Waals surface area contributed by atoms with E-state index in [1.54, 1.807) is 0 Å². The van der Waals surface area contributed by atoms with Crippen molar-refractivity contribution in [2.75, 3.05) is 5.32 Å². The minimum atomic E-state index is 0.350. The van der Waals surface area contributed by atoms with E-state index in [1.165, 1.54) is 27.9 Å². The molecule has 0 spiro atoms. The second kappa shape index (κ2) is 6.45. The highest BCUT2D eigenvalue weighted by Gasteiger charge is 2.12. The summed E-state index contributed by atoms with van der Waals surface area (Å²) in [7, 11) is 0. The Kier molecular flexibility index (Phi) is 4.87. The molecule has 2 heteroatoms. The van der Waals surface area contributed by atoms with Crippen molar-refractivity contribution in [2.24, 2.45) is 0 Å². The van der Waals surface area contributed by atoms with Gasteiger partial charge in [-0.1, -0.05) is 52.7 Å². The number of aryl methyl sites for hydroxylation is 3. The first kappa shape index (κ1) is 15.1. The standard InChI is InChI=1S/C18H22BrN/c1-5-17(15-6-8-16(19)9-7-15)20-18-13(3)10-12(2)11-14(18)4/h6-11,17,20H,5H2,1-4H3. The van der Waals surface area contributed by atoms with Gasteiger partial charge in [-0.05, 0) is 56.0 Å². The summed E-state index contributed by atoms with van der Waals surface area (Å²) in [6.45, 7) is 8.72. The van der Waals surface area contributed by atoms with Gasteiger partial charge in [-0.25, -0.2) is 0 Å². The van der Waals surface area contributed by atoms with E-state index in [-0.39, 0.29) is 0 Å². The van der Waals surface area contributed by atoms with Gasteiger partial charge in [0.05, 0.1) is 6.04 Å². The number of benzene rings is 2. The van der Waals surface area contributed by atoms with Gasteiger partial charge in [-0.2, -0.15) is 0 Å². The molecular weight excluding hydrogens is 310 g/mol. The van der Waals surface area contributed by atoms with Crippen LogP contribution in [0.2, 0.25) is 0 Å². The van der Waals surface area contributed by atoms with Crippen molar-refractivity contribution >= 4 is 21.6 Å². The van der Waals surface area contributed by atoms with E-state index >= 15 is 0 Å². The molecule has 1 unspecified atom stereocenters. The van der Waals surface area contributed by atoms with E-state index in [9.17, 15) is 0 Å². The summed E-state index contributed by atoms with van der Waals surface area (Å²) in [5.41, 5.74) is 6.55. The second-order valence-electron chi connectivity index (χ2n) is 5.43. The number of hydrogen-bond acceptors (Lipinski definition) is 1. The lowest BCUT2D eigenvalue weighted by Crippen LogP contribution is -2.11. The predicted octanol–water partition coefficient (Wildman–Crippen LogP) is 5.94. The maximum absolute atomic E-state index is 3.71. The summed E-state index contributed by atoms with van der Waals surface area (Å²) in [4.78, 5) is 0. The summed E-state index contributed by atoms with van der Waals surface area (Å²) < 4.78 is 1.12. The minimum Gasteiger partial charge on any atom is -0.378 e. The van der Waals surface area contributed by atoms with Gasteiger partial charge in [0, 0.05) is 10.2 Å². The van der Waals surface area contributed by atoms with Crippen LogP contribution in [-0.2, 0) is 0 Å². The SMILES string of the molecule is CCC(Nc1c(C)cc(C)cc1C)c1ccc(Br)cc1. The van der Waals surface area contributed by atoms with Crippen LogP contribution in [0.25, 0.3) is 0 Å². The summed E-state index contributed by atoms with van der Waals surface area (Å²) in [6.07, 6.45) is 1.06. The minimum absolute atomic E-state index is 0.350. The van der Waals surface area contributed by atoms with Gasteiger partial charge in [0.2, 0.25) is 0 Å². The third kappa shape index (κ3) is 3.43. The fourth-order valence-corrected chi connectivity index (χ4v) is 2.96. The number of nitrogens with one attached hydrogen (secondary N) is 1. The molecule has 0 aromatic heterocycles. The summed E-state index contributed by atoms with van der Waals surface area (Å²) >= 11 is 3.49. The van der Waals surface area contributed by atoms with Crippen molar-refractivity contribution in [3.05, 3.63) is 63.1 Å². The largest absolute Gasteiger partial charge is 0.378 e. The third-order valence-corrected chi connectivity index (χ3v) is 4.20. The lowest BCUT2D eigenvalue weighted by atomic mass is 10.0. The van der Waals surface area contributed by atoms with Crippen molar-refractivity contribution in [2.45, 2.75) is 40.2 Å². The maximum Gasteiger partial charge on any atom is 0.0511 e. The van der Waals surface area contributed by atoms with Gasteiger partial charge >= 0.3 is 0 Å². The zero-order valence-corrected chi connectivity index (χ0v) is 14.2. The van der Waals surface area contributed by atoms with Gasteiger partial charge in [-0.15, -0.1) is 0 Å². The first-order valence-electron chi connectivity index (χ1n) is 7.11. The van der Waals surface area contributed by atoms with E-state index in [4.69, 9.17) is 0 Å². The van der Waals surface area contributed by atoms with Crippen LogP contribution < -0.4 is 5.32 Å². The zero-order chi connectivity index (χ0) is 14.7. The first-order valence-corrected chi connectivity index (χ1v) is 7.90. The Hall–Kier alpha value is -1.28. The van der Waals surface area contributed by atoms with E-state index < -0.39 is 0 Å². The molecule has 0 aliphatic heterocycles. The van der Waals surface area contributed by atoms with Gasteiger partial charge in [0.25, 0.3) is 0 Å². The Bertz CT molecular complexity index is 564. The van der Waals surface area contributed by atoms with Crippen LogP contribution in [-0.4, -0.2) is 0 Å². The van der Waals surface area contributed by atoms with Crippen molar-refractivity contribution in [3.63, 3.8) is 0 Å². The van der Waals surface area contributed by atoms with E-state index in [2.05, 4.69) is 85.3 Å². The highest BCUT2D eigenvalue weighted by atomic mass is 79.9. The molecule has 0 fully saturated rings. The maximum atomic E-state index is 3.71. The molecule has 0 amide bonds. The molecule has 1 N–H and O–H groups in total. The number of hydrogen-bond donors (Lipinski definition) is 1. The number of rotatable bonds is 4. The van der Waals surface area contributed by atoms with Gasteiger partial charge in [0.15, 0.2) is 0 Å². The summed E-state index contributed by atoms with van der Waals surface area (Å²) in [5, 5.41) is 3.71. The van der Waals surface area contributed by atoms with Crippen LogP contribution in [0.3, 0.4) is 0 Å². The molecule has 0 saturated heterocycles. The van der Waals surface area contributed by atoms with Crippen LogP contribution in [0.1, 0.15) is 41.6 Å². The van der Waals surface area contributed by atoms with Gasteiger partial charge in [-0.3, -0.25) is 0 Å². The highest BCUT2D eigenvalue weighted by Crippen LogP contribution is 2.29. The quantitative estimate of drug-likeness (QED) is 0.731. The average Bonchev–Trinajstić information content (AvgIpc) is 2.39. The predicted molar refractivity (Wildman–Crippen MR) is 91.4 cm³/mol. The topological polar surface area (TPSA) is 12.0 Å². The zero-order valence-electron chi connectivity index (χ0n) is 12.6. The van der Waals surface area contributed by atoms with Crippen LogP contribution >= 0.6 is 15.9 Å². The summed E-state index contributed by atoms with van der Waals surface area (Å²) in [5.74, 6) is 0. The monoisotopic (exact) mass is 331 g/mol. The van der Waals surface area contributed by atoms with Crippen LogP contribution in [0, 0.1) is 20.8 Å². The average molecular weight is 332 g/mol. The van der Waals surface area contributed by atoms with Gasteiger partial charge < -0.3 is 5.32 Å². The van der Waals surface area contributed by atoms with E-state index in [0.29, 0.717) is 6.04 Å². The smallest absolute Gasteiger partial charge is 0.0511 e. The Labute approximate surface area is 130 Å². The third-order valence-electron chi connectivity index (χ3n) is 3.68. The molecule has 0 saturated carbocycles. The van der Waals surface area contributed by atoms with Crippen LogP contribution in [0.4, 0.5) is 5.69 Å². The fourth-order valence-electron chi connectivity index (χ4n) is 2.70. The molecule has 1 atom stereocenters. The Morgan fingerprint density at radius 1 is 1.00 bits per heavy atom. The highest BCUT2D eigenvalue weighted by molar-refractivity contribution is 9.10. The Morgan fingerprint density at radius 3 is 2.05 bits per heavy atom.